The van der Waals surface area contributed by atoms with Gasteiger partial charge >= 0.3 is 5.97 Å². The molecule has 0 spiro atoms. The summed E-state index contributed by atoms with van der Waals surface area (Å²) in [4.78, 5) is 43.3. The third kappa shape index (κ3) is 7.91. The number of nitrogens with zero attached hydrogens (tertiary/aromatic N) is 2. The third-order valence-electron chi connectivity index (χ3n) is 6.46. The lowest BCUT2D eigenvalue weighted by Crippen LogP contribution is -2.34. The zero-order valence-electron chi connectivity index (χ0n) is 24.7. The van der Waals surface area contributed by atoms with Crippen molar-refractivity contribution in [2.45, 2.75) is 45.8 Å². The molecule has 43 heavy (non-hydrogen) atoms. The highest BCUT2D eigenvalue weighted by Gasteiger charge is 2.26. The lowest BCUT2D eigenvalue weighted by Gasteiger charge is -2.24. The van der Waals surface area contributed by atoms with Gasteiger partial charge in [0.25, 0.3) is 5.56 Å². The number of nitrogens with one attached hydrogen (secondary N) is 1. The topological polar surface area (TPSA) is 122 Å². The standard InChI is InChI=1S/C32H34ClN3O7/c1-6-41-31(39)20-7-10-22(11-8-20)35-30(38)26(13-14-43-32(2,3)4)36-18-28(40-5)25(16-29(36)37)24-15-21(33)9-12-23(24)27-17-34-19-42-27/h7-12,15-19,26H,6,13-14H2,1-5H3,(H,35,38). The van der Waals surface area contributed by atoms with Crippen LogP contribution in [0.2, 0.25) is 5.02 Å². The number of aromatic nitrogens is 2. The Bertz CT molecular complexity index is 1620. The molecule has 4 aromatic rings. The Hall–Kier alpha value is -4.41. The van der Waals surface area contributed by atoms with Crippen LogP contribution >= 0.6 is 11.6 Å². The minimum atomic E-state index is -0.948. The van der Waals surface area contributed by atoms with E-state index in [0.717, 1.165) is 0 Å². The lowest BCUT2D eigenvalue weighted by molar-refractivity contribution is -0.120. The molecule has 1 N–H and O–H groups in total. The highest BCUT2D eigenvalue weighted by Crippen LogP contribution is 2.38. The number of rotatable bonds is 11. The quantitative estimate of drug-likeness (QED) is 0.195. The molecule has 2 aromatic carbocycles. The van der Waals surface area contributed by atoms with Crippen molar-refractivity contribution in [1.82, 2.24) is 9.55 Å². The Kier molecular flexibility index (Phi) is 10.1. The van der Waals surface area contributed by atoms with Crippen LogP contribution in [-0.2, 0) is 14.3 Å². The average molecular weight is 608 g/mol. The molecule has 1 unspecified atom stereocenters. The highest BCUT2D eigenvalue weighted by atomic mass is 35.5. The first-order valence-electron chi connectivity index (χ1n) is 13.7. The Morgan fingerprint density at radius 1 is 1.07 bits per heavy atom. The smallest absolute Gasteiger partial charge is 0.338 e. The van der Waals surface area contributed by atoms with E-state index in [4.69, 9.17) is 30.2 Å². The summed E-state index contributed by atoms with van der Waals surface area (Å²) in [6.07, 6.45) is 4.59. The number of amides is 1. The number of oxazole rings is 1. The van der Waals surface area contributed by atoms with Crippen molar-refractivity contribution in [3.8, 4) is 28.2 Å². The number of halogens is 1. The van der Waals surface area contributed by atoms with Gasteiger partial charge in [-0.2, -0.15) is 0 Å². The number of esters is 1. The Labute approximate surface area is 254 Å². The number of benzene rings is 2. The Morgan fingerprint density at radius 3 is 2.44 bits per heavy atom. The molecule has 1 amide bonds. The maximum absolute atomic E-state index is 13.7. The maximum Gasteiger partial charge on any atom is 0.338 e. The van der Waals surface area contributed by atoms with E-state index in [2.05, 4.69) is 10.3 Å². The van der Waals surface area contributed by atoms with Gasteiger partial charge < -0.3 is 23.9 Å². The molecule has 0 saturated heterocycles. The highest BCUT2D eigenvalue weighted by molar-refractivity contribution is 6.31. The number of carbonyl (C=O) groups excluding carboxylic acids is 2. The van der Waals surface area contributed by atoms with E-state index in [0.29, 0.717) is 44.5 Å². The molecule has 0 aliphatic rings. The van der Waals surface area contributed by atoms with Crippen LogP contribution in [0.15, 0.2) is 76.5 Å². The van der Waals surface area contributed by atoms with Gasteiger partial charge in [0.2, 0.25) is 5.91 Å². The summed E-state index contributed by atoms with van der Waals surface area (Å²) in [5.74, 6) is -0.0645. The molecule has 2 aromatic heterocycles. The first kappa shape index (κ1) is 31.5. The van der Waals surface area contributed by atoms with Crippen LogP contribution in [0, 0.1) is 0 Å². The number of methoxy groups -OCH3 is 1. The number of carbonyl (C=O) groups is 2. The molecule has 4 rings (SSSR count). The van der Waals surface area contributed by atoms with Crippen LogP contribution in [0.4, 0.5) is 5.69 Å². The van der Waals surface area contributed by atoms with Gasteiger partial charge in [0, 0.05) is 40.9 Å². The van der Waals surface area contributed by atoms with Crippen LogP contribution in [-0.4, -0.2) is 47.4 Å². The number of anilines is 1. The van der Waals surface area contributed by atoms with Crippen LogP contribution in [0.5, 0.6) is 5.75 Å². The monoisotopic (exact) mass is 607 g/mol. The van der Waals surface area contributed by atoms with E-state index >= 15 is 0 Å². The van der Waals surface area contributed by atoms with Gasteiger partial charge in [-0.15, -0.1) is 0 Å². The summed E-state index contributed by atoms with van der Waals surface area (Å²) in [5.41, 5.74) is 1.66. The Morgan fingerprint density at radius 2 is 1.81 bits per heavy atom. The van der Waals surface area contributed by atoms with Crippen molar-refractivity contribution in [2.75, 3.05) is 25.6 Å². The maximum atomic E-state index is 13.7. The van der Waals surface area contributed by atoms with E-state index in [1.54, 1.807) is 55.6 Å². The molecule has 2 heterocycles. The van der Waals surface area contributed by atoms with Gasteiger partial charge in [-0.25, -0.2) is 9.78 Å². The average Bonchev–Trinajstić information content (AvgIpc) is 3.50. The summed E-state index contributed by atoms with van der Waals surface area (Å²) in [6, 6.07) is 12.0. The van der Waals surface area contributed by atoms with Gasteiger partial charge in [0.15, 0.2) is 12.2 Å². The van der Waals surface area contributed by atoms with Gasteiger partial charge in [-0.05, 0) is 75.7 Å². The van der Waals surface area contributed by atoms with Crippen molar-refractivity contribution in [3.63, 3.8) is 0 Å². The third-order valence-corrected chi connectivity index (χ3v) is 6.70. The molecule has 0 aliphatic carbocycles. The minimum absolute atomic E-state index is 0.201. The van der Waals surface area contributed by atoms with Crippen LogP contribution < -0.4 is 15.6 Å². The van der Waals surface area contributed by atoms with Gasteiger partial charge in [-0.1, -0.05) is 11.6 Å². The van der Waals surface area contributed by atoms with Crippen molar-refractivity contribution >= 4 is 29.2 Å². The van der Waals surface area contributed by atoms with Gasteiger partial charge in [0.1, 0.15) is 11.8 Å². The van der Waals surface area contributed by atoms with E-state index in [1.165, 1.54) is 30.3 Å². The van der Waals surface area contributed by atoms with Crippen LogP contribution in [0.1, 0.15) is 50.5 Å². The van der Waals surface area contributed by atoms with Crippen molar-refractivity contribution in [2.24, 2.45) is 0 Å². The first-order chi connectivity index (χ1) is 20.5. The largest absolute Gasteiger partial charge is 0.495 e. The first-order valence-corrected chi connectivity index (χ1v) is 14.1. The summed E-state index contributed by atoms with van der Waals surface area (Å²) in [6.45, 7) is 7.93. The predicted molar refractivity (Wildman–Crippen MR) is 164 cm³/mol. The second-order valence-corrected chi connectivity index (χ2v) is 11.0. The summed E-state index contributed by atoms with van der Waals surface area (Å²) in [5, 5.41) is 3.30. The van der Waals surface area contributed by atoms with E-state index in [9.17, 15) is 14.4 Å². The van der Waals surface area contributed by atoms with E-state index in [-0.39, 0.29) is 19.6 Å². The molecule has 1 atom stereocenters. The second-order valence-electron chi connectivity index (χ2n) is 10.6. The molecular weight excluding hydrogens is 574 g/mol. The second kappa shape index (κ2) is 13.7. The van der Waals surface area contributed by atoms with Crippen molar-refractivity contribution < 1.29 is 28.2 Å². The zero-order chi connectivity index (χ0) is 31.1. The fourth-order valence-electron chi connectivity index (χ4n) is 4.45. The zero-order valence-corrected chi connectivity index (χ0v) is 25.4. The van der Waals surface area contributed by atoms with Crippen LogP contribution in [0.25, 0.3) is 22.5 Å². The molecule has 0 saturated carbocycles. The molecule has 0 aliphatic heterocycles. The summed E-state index contributed by atoms with van der Waals surface area (Å²) in [7, 11) is 1.48. The van der Waals surface area contributed by atoms with Crippen molar-refractivity contribution in [1.29, 1.82) is 0 Å². The summed E-state index contributed by atoms with van der Waals surface area (Å²) < 4.78 is 23.5. The van der Waals surface area contributed by atoms with Crippen LogP contribution in [0.3, 0.4) is 0 Å². The molecular formula is C32H34ClN3O7. The number of pyridine rings is 1. The SMILES string of the molecule is CCOC(=O)c1ccc(NC(=O)C(CCOC(C)(C)C)n2cc(OC)c(-c3cc(Cl)ccc3-c3cnco3)cc2=O)cc1. The molecule has 0 radical (unpaired) electrons. The molecule has 10 nitrogen and oxygen atoms in total. The fourth-order valence-corrected chi connectivity index (χ4v) is 4.62. The number of ether oxygens (including phenoxy) is 3. The van der Waals surface area contributed by atoms with E-state index in [1.807, 2.05) is 20.8 Å². The van der Waals surface area contributed by atoms with Crippen molar-refractivity contribution in [3.05, 3.63) is 88.3 Å². The molecule has 0 fully saturated rings. The molecule has 0 bridgehead atoms. The lowest BCUT2D eigenvalue weighted by atomic mass is 9.98. The number of hydrogen-bond acceptors (Lipinski definition) is 8. The fraction of sp³-hybridized carbons (Fsp3) is 0.312. The Balaban J connectivity index is 1.71. The van der Waals surface area contributed by atoms with E-state index < -0.39 is 29.1 Å². The normalized spacial score (nSPS) is 12.0. The molecule has 226 valence electrons. The molecule has 11 heteroatoms. The van der Waals surface area contributed by atoms with Gasteiger partial charge in [-0.3, -0.25) is 14.2 Å². The van der Waals surface area contributed by atoms with Gasteiger partial charge in [0.05, 0.1) is 37.3 Å². The summed E-state index contributed by atoms with van der Waals surface area (Å²) >= 11 is 6.34. The minimum Gasteiger partial charge on any atom is -0.495 e. The predicted octanol–water partition coefficient (Wildman–Crippen LogP) is 6.39. The number of hydrogen-bond donors (Lipinski definition) is 1.